The molecule has 166 valence electrons. The maximum Gasteiger partial charge on any atom is 0.343 e. The predicted octanol–water partition coefficient (Wildman–Crippen LogP) is 4.14. The minimum Gasteiger partial charge on any atom is -0.465 e. The highest BCUT2D eigenvalue weighted by molar-refractivity contribution is 5.91. The van der Waals surface area contributed by atoms with Crippen molar-refractivity contribution in [2.75, 3.05) is 25.2 Å². The van der Waals surface area contributed by atoms with Crippen LogP contribution < -0.4 is 4.90 Å². The van der Waals surface area contributed by atoms with Gasteiger partial charge in [-0.25, -0.2) is 4.79 Å². The number of hydrogen-bond donors (Lipinski definition) is 0. The molecule has 0 amide bonds. The van der Waals surface area contributed by atoms with E-state index in [0.29, 0.717) is 23.6 Å². The third-order valence-electron chi connectivity index (χ3n) is 6.69. The maximum atomic E-state index is 12.4. The third kappa shape index (κ3) is 3.82. The first-order valence-electron chi connectivity index (χ1n) is 11.0. The lowest BCUT2D eigenvalue weighted by Gasteiger charge is -2.39. The number of aryl methyl sites for hydroxylation is 1. The van der Waals surface area contributed by atoms with E-state index in [4.69, 9.17) is 14.0 Å². The lowest BCUT2D eigenvalue weighted by atomic mass is 9.87. The molecule has 7 heteroatoms. The van der Waals surface area contributed by atoms with E-state index >= 15 is 0 Å². The molecular formula is C24H30N2O5. The van der Waals surface area contributed by atoms with E-state index in [1.807, 2.05) is 6.92 Å². The van der Waals surface area contributed by atoms with Gasteiger partial charge >= 0.3 is 11.9 Å². The van der Waals surface area contributed by atoms with Crippen molar-refractivity contribution in [3.63, 3.8) is 0 Å². The van der Waals surface area contributed by atoms with Crippen molar-refractivity contribution in [3.8, 4) is 0 Å². The molecule has 1 aliphatic carbocycles. The van der Waals surface area contributed by atoms with Crippen LogP contribution in [0.1, 0.15) is 72.8 Å². The molecule has 2 fully saturated rings. The van der Waals surface area contributed by atoms with E-state index in [1.165, 1.54) is 7.11 Å². The van der Waals surface area contributed by atoms with Crippen LogP contribution in [0.15, 0.2) is 28.8 Å². The van der Waals surface area contributed by atoms with E-state index in [-0.39, 0.29) is 17.9 Å². The van der Waals surface area contributed by atoms with E-state index in [0.717, 1.165) is 43.5 Å². The van der Waals surface area contributed by atoms with Gasteiger partial charge in [-0.3, -0.25) is 4.79 Å². The van der Waals surface area contributed by atoms with Crippen LogP contribution in [0.2, 0.25) is 0 Å². The zero-order valence-electron chi connectivity index (χ0n) is 18.6. The number of aromatic nitrogens is 1. The number of anilines is 1. The molecule has 1 aliphatic heterocycles. The number of esters is 2. The molecule has 2 heterocycles. The maximum absolute atomic E-state index is 12.4. The summed E-state index contributed by atoms with van der Waals surface area (Å²) in [5.41, 5.74) is 2.77. The summed E-state index contributed by atoms with van der Waals surface area (Å²) in [5, 5.41) is 4.00. The largest absolute Gasteiger partial charge is 0.465 e. The van der Waals surface area contributed by atoms with Crippen molar-refractivity contribution >= 4 is 17.6 Å². The van der Waals surface area contributed by atoms with Crippen LogP contribution in [0, 0.1) is 6.92 Å². The lowest BCUT2D eigenvalue weighted by Crippen LogP contribution is -2.40. The number of hydrogen-bond acceptors (Lipinski definition) is 7. The number of benzene rings is 1. The summed E-state index contributed by atoms with van der Waals surface area (Å²) in [6, 6.07) is 8.59. The Kier molecular flexibility index (Phi) is 5.77. The number of carbonyl (C=O) groups is 2. The van der Waals surface area contributed by atoms with Gasteiger partial charge in [-0.2, -0.15) is 0 Å². The van der Waals surface area contributed by atoms with Crippen molar-refractivity contribution in [2.24, 2.45) is 0 Å². The van der Waals surface area contributed by atoms with Crippen LogP contribution in [0.5, 0.6) is 0 Å². The molecular weight excluding hydrogens is 396 g/mol. The van der Waals surface area contributed by atoms with Crippen molar-refractivity contribution in [2.45, 2.75) is 63.8 Å². The first-order valence-corrected chi connectivity index (χ1v) is 11.0. The fourth-order valence-corrected chi connectivity index (χ4v) is 4.79. The Labute approximate surface area is 182 Å². The van der Waals surface area contributed by atoms with Crippen LogP contribution in [0.25, 0.3) is 0 Å². The summed E-state index contributed by atoms with van der Waals surface area (Å²) in [6.45, 7) is 7.04. The number of nitrogens with zero attached hydrogens (tertiary/aromatic N) is 2. The second kappa shape index (κ2) is 8.36. The molecule has 0 spiro atoms. The minimum atomic E-state index is -0.443. The number of carbonyl (C=O) groups excluding carboxylic acids is 2. The fourth-order valence-electron chi connectivity index (χ4n) is 4.79. The summed E-state index contributed by atoms with van der Waals surface area (Å²) >= 11 is 0. The van der Waals surface area contributed by atoms with E-state index in [9.17, 15) is 9.59 Å². The summed E-state index contributed by atoms with van der Waals surface area (Å²) in [7, 11) is 1.38. The Morgan fingerprint density at radius 3 is 2.55 bits per heavy atom. The van der Waals surface area contributed by atoms with Gasteiger partial charge in [0.1, 0.15) is 5.56 Å². The van der Waals surface area contributed by atoms with Crippen LogP contribution in [0.3, 0.4) is 0 Å². The Morgan fingerprint density at radius 1 is 1.26 bits per heavy atom. The number of ether oxygens (including phenoxy) is 2. The highest BCUT2D eigenvalue weighted by atomic mass is 16.5. The third-order valence-corrected chi connectivity index (χ3v) is 6.69. The van der Waals surface area contributed by atoms with Gasteiger partial charge in [-0.05, 0) is 64.2 Å². The summed E-state index contributed by atoms with van der Waals surface area (Å²) in [5.74, 6) is 0.256. The van der Waals surface area contributed by atoms with Crippen molar-refractivity contribution in [1.29, 1.82) is 0 Å². The Hall–Kier alpha value is -2.83. The van der Waals surface area contributed by atoms with Gasteiger partial charge in [0, 0.05) is 24.2 Å². The van der Waals surface area contributed by atoms with Crippen LogP contribution in [-0.2, 0) is 19.7 Å². The van der Waals surface area contributed by atoms with Crippen LogP contribution >= 0.6 is 0 Å². The Bertz CT molecular complexity index is 961. The molecule has 1 saturated carbocycles. The van der Waals surface area contributed by atoms with Gasteiger partial charge in [-0.15, -0.1) is 0 Å². The van der Waals surface area contributed by atoms with E-state index < -0.39 is 11.4 Å². The SMILES string of the molecule is CCOC(=O)C1(c2ccc(N3CCC(c4onc(C)c4C(=O)OC)CC3C)cc2)CC1. The second-order valence-corrected chi connectivity index (χ2v) is 8.61. The quantitative estimate of drug-likeness (QED) is 0.642. The van der Waals surface area contributed by atoms with Gasteiger partial charge in [0.2, 0.25) is 0 Å². The van der Waals surface area contributed by atoms with Gasteiger partial charge in [-0.1, -0.05) is 17.3 Å². The summed E-state index contributed by atoms with van der Waals surface area (Å²) in [6.07, 6.45) is 3.42. The molecule has 4 rings (SSSR count). The Balaban J connectivity index is 1.47. The summed E-state index contributed by atoms with van der Waals surface area (Å²) in [4.78, 5) is 26.9. The zero-order valence-corrected chi connectivity index (χ0v) is 18.6. The van der Waals surface area contributed by atoms with Gasteiger partial charge in [0.05, 0.1) is 24.8 Å². The lowest BCUT2D eigenvalue weighted by molar-refractivity contribution is -0.146. The first-order chi connectivity index (χ1) is 14.9. The average Bonchev–Trinajstić information content (AvgIpc) is 3.50. The molecule has 7 nitrogen and oxygen atoms in total. The van der Waals surface area contributed by atoms with Crippen molar-refractivity contribution < 1.29 is 23.6 Å². The fraction of sp³-hybridized carbons (Fsp3) is 0.542. The highest BCUT2D eigenvalue weighted by Crippen LogP contribution is 2.49. The molecule has 1 aromatic heterocycles. The van der Waals surface area contributed by atoms with Crippen molar-refractivity contribution in [1.82, 2.24) is 5.16 Å². The zero-order chi connectivity index (χ0) is 22.2. The molecule has 0 radical (unpaired) electrons. The molecule has 2 unspecified atom stereocenters. The molecule has 0 bridgehead atoms. The van der Waals surface area contributed by atoms with Gasteiger partial charge < -0.3 is 18.9 Å². The Morgan fingerprint density at radius 2 is 1.97 bits per heavy atom. The van der Waals surface area contributed by atoms with Crippen molar-refractivity contribution in [3.05, 3.63) is 46.8 Å². The molecule has 2 aliphatic rings. The monoisotopic (exact) mass is 426 g/mol. The normalized spacial score (nSPS) is 22.1. The summed E-state index contributed by atoms with van der Waals surface area (Å²) < 4.78 is 15.7. The minimum absolute atomic E-state index is 0.110. The average molecular weight is 427 g/mol. The molecule has 1 aromatic carbocycles. The van der Waals surface area contributed by atoms with Crippen LogP contribution in [-0.4, -0.2) is 43.4 Å². The molecule has 31 heavy (non-hydrogen) atoms. The molecule has 0 N–H and O–H groups in total. The van der Waals surface area contributed by atoms with E-state index in [2.05, 4.69) is 41.2 Å². The smallest absolute Gasteiger partial charge is 0.343 e. The number of piperidine rings is 1. The van der Waals surface area contributed by atoms with Gasteiger partial charge in [0.25, 0.3) is 0 Å². The molecule has 2 aromatic rings. The number of methoxy groups -OCH3 is 1. The van der Waals surface area contributed by atoms with Crippen LogP contribution in [0.4, 0.5) is 5.69 Å². The topological polar surface area (TPSA) is 81.9 Å². The van der Waals surface area contributed by atoms with E-state index in [1.54, 1.807) is 6.92 Å². The second-order valence-electron chi connectivity index (χ2n) is 8.61. The molecule has 2 atom stereocenters. The standard InChI is InChI=1S/C24H30N2O5/c1-5-30-23(28)24(11-12-24)18-6-8-19(9-7-18)26-13-10-17(14-15(26)2)21-20(22(27)29-4)16(3)25-31-21/h6-9,15,17H,5,10-14H2,1-4H3. The number of rotatable bonds is 6. The molecule has 1 saturated heterocycles. The predicted molar refractivity (Wildman–Crippen MR) is 115 cm³/mol. The van der Waals surface area contributed by atoms with Gasteiger partial charge in [0.15, 0.2) is 5.76 Å². The highest BCUT2D eigenvalue weighted by Gasteiger charge is 2.52. The first kappa shape index (κ1) is 21.4.